The van der Waals surface area contributed by atoms with E-state index >= 15 is 0 Å². The molecule has 1 fully saturated rings. The molecule has 0 spiro atoms. The van der Waals surface area contributed by atoms with Crippen LogP contribution < -0.4 is 10.6 Å². The molecule has 0 saturated carbocycles. The quantitative estimate of drug-likeness (QED) is 0.704. The van der Waals surface area contributed by atoms with Crippen molar-refractivity contribution in [2.75, 3.05) is 19.6 Å². The first-order chi connectivity index (χ1) is 13.3. The SMILES string of the molecule is CC(C)NC(=O)CNC(=O)C1CCN(S(=O)(=O)c2cccc3nsnc23)CC1. The highest BCUT2D eigenvalue weighted by Crippen LogP contribution is 2.28. The number of fused-ring (bicyclic) bond motifs is 1. The van der Waals surface area contributed by atoms with E-state index in [2.05, 4.69) is 19.4 Å². The van der Waals surface area contributed by atoms with Gasteiger partial charge in [0.05, 0.1) is 18.3 Å². The Morgan fingerprint density at radius 3 is 2.64 bits per heavy atom. The van der Waals surface area contributed by atoms with Crippen LogP contribution in [0.1, 0.15) is 26.7 Å². The zero-order valence-electron chi connectivity index (χ0n) is 15.7. The third-order valence-electron chi connectivity index (χ3n) is 4.56. The van der Waals surface area contributed by atoms with Gasteiger partial charge in [-0.1, -0.05) is 6.07 Å². The lowest BCUT2D eigenvalue weighted by molar-refractivity contribution is -0.129. The molecule has 28 heavy (non-hydrogen) atoms. The fraction of sp³-hybridized carbons (Fsp3) is 0.529. The number of carbonyl (C=O) groups is 2. The molecular formula is C17H23N5O4S2. The first-order valence-corrected chi connectivity index (χ1v) is 11.2. The highest BCUT2D eigenvalue weighted by Gasteiger charge is 2.33. The van der Waals surface area contributed by atoms with Gasteiger partial charge in [0, 0.05) is 25.0 Å². The zero-order chi connectivity index (χ0) is 20.3. The van der Waals surface area contributed by atoms with Crippen LogP contribution >= 0.6 is 11.7 Å². The van der Waals surface area contributed by atoms with E-state index in [0.29, 0.717) is 23.9 Å². The molecule has 3 rings (SSSR count). The van der Waals surface area contributed by atoms with Gasteiger partial charge in [-0.05, 0) is 38.8 Å². The van der Waals surface area contributed by atoms with Crippen LogP contribution in [0.15, 0.2) is 23.1 Å². The van der Waals surface area contributed by atoms with Crippen LogP contribution in [0.2, 0.25) is 0 Å². The lowest BCUT2D eigenvalue weighted by atomic mass is 9.97. The van der Waals surface area contributed by atoms with Crippen molar-refractivity contribution in [1.29, 1.82) is 0 Å². The standard InChI is InChI=1S/C17H23N5O4S2/c1-11(2)19-15(23)10-18-17(24)12-6-8-22(9-7-12)28(25,26)14-5-3-4-13-16(14)21-27-20-13/h3-5,11-12H,6-10H2,1-2H3,(H,18,24)(H,19,23). The molecule has 0 atom stereocenters. The highest BCUT2D eigenvalue weighted by atomic mass is 32.2. The molecular weight excluding hydrogens is 402 g/mol. The van der Waals surface area contributed by atoms with Crippen molar-refractivity contribution in [3.8, 4) is 0 Å². The molecule has 2 heterocycles. The number of sulfonamides is 1. The fourth-order valence-corrected chi connectivity index (χ4v) is 5.39. The Balaban J connectivity index is 1.59. The third-order valence-corrected chi connectivity index (χ3v) is 7.04. The Labute approximate surface area is 167 Å². The number of amides is 2. The molecule has 0 aliphatic carbocycles. The lowest BCUT2D eigenvalue weighted by Gasteiger charge is -2.30. The first-order valence-electron chi connectivity index (χ1n) is 9.07. The number of carbonyl (C=O) groups excluding carboxylic acids is 2. The van der Waals surface area contributed by atoms with Gasteiger partial charge < -0.3 is 10.6 Å². The number of nitrogens with zero attached hydrogens (tertiary/aromatic N) is 3. The van der Waals surface area contributed by atoms with Gasteiger partial charge in [-0.25, -0.2) is 8.42 Å². The van der Waals surface area contributed by atoms with E-state index in [1.54, 1.807) is 12.1 Å². The molecule has 1 aliphatic rings. The Morgan fingerprint density at radius 1 is 1.25 bits per heavy atom. The molecule has 11 heteroatoms. The highest BCUT2D eigenvalue weighted by molar-refractivity contribution is 7.89. The number of aromatic nitrogens is 2. The summed E-state index contributed by atoms with van der Waals surface area (Å²) in [6, 6.07) is 4.92. The number of rotatable bonds is 6. The summed E-state index contributed by atoms with van der Waals surface area (Å²) in [4.78, 5) is 24.1. The Bertz CT molecular complexity index is 965. The van der Waals surface area contributed by atoms with E-state index < -0.39 is 10.0 Å². The minimum atomic E-state index is -3.71. The Hall–Kier alpha value is -2.11. The van der Waals surface area contributed by atoms with Crippen LogP contribution in [-0.2, 0) is 19.6 Å². The molecule has 0 bridgehead atoms. The van der Waals surface area contributed by atoms with Gasteiger partial charge in [0.1, 0.15) is 15.9 Å². The molecule has 1 aromatic heterocycles. The summed E-state index contributed by atoms with van der Waals surface area (Å²) in [6.45, 7) is 4.10. The second kappa shape index (κ2) is 8.50. The van der Waals surface area contributed by atoms with Gasteiger partial charge in [-0.2, -0.15) is 13.1 Å². The van der Waals surface area contributed by atoms with Crippen LogP contribution in [0, 0.1) is 5.92 Å². The molecule has 2 amide bonds. The van der Waals surface area contributed by atoms with E-state index in [1.807, 2.05) is 13.8 Å². The maximum absolute atomic E-state index is 13.0. The van der Waals surface area contributed by atoms with E-state index in [1.165, 1.54) is 10.4 Å². The average molecular weight is 426 g/mol. The largest absolute Gasteiger partial charge is 0.352 e. The molecule has 152 valence electrons. The predicted octanol–water partition coefficient (Wildman–Crippen LogP) is 0.733. The first kappa shape index (κ1) is 20.6. The van der Waals surface area contributed by atoms with Crippen molar-refractivity contribution in [1.82, 2.24) is 23.7 Å². The third kappa shape index (κ3) is 4.47. The van der Waals surface area contributed by atoms with Gasteiger partial charge in [-0.3, -0.25) is 9.59 Å². The predicted molar refractivity (Wildman–Crippen MR) is 105 cm³/mol. The number of nitrogens with one attached hydrogen (secondary N) is 2. The van der Waals surface area contributed by atoms with E-state index in [-0.39, 0.29) is 48.3 Å². The van der Waals surface area contributed by atoms with Crippen LogP contribution in [0.5, 0.6) is 0 Å². The monoisotopic (exact) mass is 425 g/mol. The number of hydrogen-bond acceptors (Lipinski definition) is 7. The van der Waals surface area contributed by atoms with E-state index in [4.69, 9.17) is 0 Å². The van der Waals surface area contributed by atoms with Crippen molar-refractivity contribution in [3.63, 3.8) is 0 Å². The zero-order valence-corrected chi connectivity index (χ0v) is 17.3. The topological polar surface area (TPSA) is 121 Å². The molecule has 1 aromatic carbocycles. The summed E-state index contributed by atoms with van der Waals surface area (Å²) in [5, 5.41) is 5.33. The van der Waals surface area contributed by atoms with Crippen LogP contribution in [0.3, 0.4) is 0 Å². The van der Waals surface area contributed by atoms with E-state index in [9.17, 15) is 18.0 Å². The van der Waals surface area contributed by atoms with Crippen LogP contribution in [-0.4, -0.2) is 59.0 Å². The van der Waals surface area contributed by atoms with Crippen molar-refractivity contribution >= 4 is 44.6 Å². The second-order valence-corrected chi connectivity index (χ2v) is 9.44. The second-order valence-electron chi connectivity index (χ2n) is 7.01. The summed E-state index contributed by atoms with van der Waals surface area (Å²) in [5.74, 6) is -0.773. The van der Waals surface area contributed by atoms with Crippen LogP contribution in [0.4, 0.5) is 0 Å². The molecule has 1 aliphatic heterocycles. The summed E-state index contributed by atoms with van der Waals surface area (Å²) in [5.41, 5.74) is 0.934. The fourth-order valence-electron chi connectivity index (χ4n) is 3.17. The van der Waals surface area contributed by atoms with Gasteiger partial charge in [0.2, 0.25) is 21.8 Å². The minimum absolute atomic E-state index is 0.00946. The summed E-state index contributed by atoms with van der Waals surface area (Å²) in [7, 11) is -3.71. The molecule has 9 nitrogen and oxygen atoms in total. The summed E-state index contributed by atoms with van der Waals surface area (Å²) < 4.78 is 35.6. The Kier molecular flexibility index (Phi) is 6.26. The normalized spacial score (nSPS) is 16.4. The molecule has 2 N–H and O–H groups in total. The maximum atomic E-state index is 13.0. The van der Waals surface area contributed by atoms with Crippen molar-refractivity contribution in [2.45, 2.75) is 37.6 Å². The average Bonchev–Trinajstić information content (AvgIpc) is 3.14. The molecule has 0 radical (unpaired) electrons. The van der Waals surface area contributed by atoms with Crippen molar-refractivity contribution in [2.24, 2.45) is 5.92 Å². The van der Waals surface area contributed by atoms with Gasteiger partial charge in [0.25, 0.3) is 0 Å². The van der Waals surface area contributed by atoms with Gasteiger partial charge >= 0.3 is 0 Å². The Morgan fingerprint density at radius 2 is 1.96 bits per heavy atom. The minimum Gasteiger partial charge on any atom is -0.352 e. The molecule has 1 saturated heterocycles. The van der Waals surface area contributed by atoms with Crippen molar-refractivity contribution in [3.05, 3.63) is 18.2 Å². The van der Waals surface area contributed by atoms with Crippen molar-refractivity contribution < 1.29 is 18.0 Å². The van der Waals surface area contributed by atoms with Gasteiger partial charge in [0.15, 0.2) is 0 Å². The number of piperidine rings is 1. The van der Waals surface area contributed by atoms with Crippen LogP contribution in [0.25, 0.3) is 11.0 Å². The molecule has 0 unspecified atom stereocenters. The summed E-state index contributed by atoms with van der Waals surface area (Å²) in [6.07, 6.45) is 0.810. The number of benzene rings is 1. The maximum Gasteiger partial charge on any atom is 0.245 e. The lowest BCUT2D eigenvalue weighted by Crippen LogP contribution is -2.45. The summed E-state index contributed by atoms with van der Waals surface area (Å²) >= 11 is 0.977. The van der Waals surface area contributed by atoms with Gasteiger partial charge in [-0.15, -0.1) is 0 Å². The molecule has 2 aromatic rings. The van der Waals surface area contributed by atoms with E-state index in [0.717, 1.165) is 11.7 Å². The number of hydrogen-bond donors (Lipinski definition) is 2. The smallest absolute Gasteiger partial charge is 0.245 e.